The molecule has 0 unspecified atom stereocenters. The molecule has 0 aromatic heterocycles. The van der Waals surface area contributed by atoms with Crippen LogP contribution in [-0.4, -0.2) is 27.2 Å². The number of carbonyl (C=O) groups is 1. The first-order valence-corrected chi connectivity index (χ1v) is 11.4. The lowest BCUT2D eigenvalue weighted by molar-refractivity contribution is -0.123. The molecule has 0 fully saturated rings. The normalized spacial score (nSPS) is 11.0. The van der Waals surface area contributed by atoms with E-state index in [2.05, 4.69) is 5.32 Å². The molecule has 0 atom stereocenters. The van der Waals surface area contributed by atoms with Crippen molar-refractivity contribution in [1.29, 1.82) is 0 Å². The molecular weight excluding hydrogens is 419 g/mol. The molecule has 0 aliphatic rings. The molecule has 0 saturated heterocycles. The van der Waals surface area contributed by atoms with Crippen LogP contribution >= 0.6 is 0 Å². The van der Waals surface area contributed by atoms with E-state index in [4.69, 9.17) is 4.74 Å². The number of hydrogen-bond donors (Lipinski definition) is 1. The zero-order chi connectivity index (χ0) is 22.3. The van der Waals surface area contributed by atoms with Crippen molar-refractivity contribution in [2.24, 2.45) is 0 Å². The Labute approximate surface area is 181 Å². The lowest BCUT2D eigenvalue weighted by Gasteiger charge is -2.22. The van der Waals surface area contributed by atoms with Gasteiger partial charge in [0.25, 0.3) is 5.91 Å². The molecule has 6 nitrogen and oxygen atoms in total. The summed E-state index contributed by atoms with van der Waals surface area (Å²) in [5.41, 5.74) is 2.08. The lowest BCUT2D eigenvalue weighted by atomic mass is 10.2. The highest BCUT2D eigenvalue weighted by molar-refractivity contribution is 7.92. The largest absolute Gasteiger partial charge is 0.484 e. The van der Waals surface area contributed by atoms with Crippen molar-refractivity contribution in [3.8, 4) is 5.75 Å². The Bertz CT molecular complexity index is 1100. The van der Waals surface area contributed by atoms with Gasteiger partial charge >= 0.3 is 0 Å². The van der Waals surface area contributed by atoms with Crippen molar-refractivity contribution in [3.63, 3.8) is 0 Å². The summed E-state index contributed by atoms with van der Waals surface area (Å²) in [7, 11) is -3.56. The first kappa shape index (κ1) is 22.3. The third-order valence-electron chi connectivity index (χ3n) is 4.47. The molecule has 0 aliphatic heterocycles. The van der Waals surface area contributed by atoms with Crippen LogP contribution in [-0.2, 0) is 27.9 Å². The van der Waals surface area contributed by atoms with Gasteiger partial charge in [-0.15, -0.1) is 0 Å². The van der Waals surface area contributed by atoms with Crippen LogP contribution in [0.1, 0.15) is 11.1 Å². The number of halogens is 1. The maximum Gasteiger partial charge on any atom is 0.258 e. The van der Waals surface area contributed by atoms with E-state index in [0.717, 1.165) is 11.8 Å². The molecule has 31 heavy (non-hydrogen) atoms. The van der Waals surface area contributed by atoms with Crippen LogP contribution in [0.2, 0.25) is 0 Å². The van der Waals surface area contributed by atoms with E-state index in [1.54, 1.807) is 36.4 Å². The number of sulfonamides is 1. The summed E-state index contributed by atoms with van der Waals surface area (Å²) in [5.74, 6) is -0.209. The van der Waals surface area contributed by atoms with Gasteiger partial charge in [-0.3, -0.25) is 9.10 Å². The van der Waals surface area contributed by atoms with E-state index in [1.807, 2.05) is 30.3 Å². The minimum Gasteiger partial charge on any atom is -0.484 e. The number of ether oxygens (including phenoxy) is 1. The van der Waals surface area contributed by atoms with E-state index < -0.39 is 10.0 Å². The van der Waals surface area contributed by atoms with Crippen LogP contribution in [0.5, 0.6) is 5.75 Å². The fourth-order valence-electron chi connectivity index (χ4n) is 2.86. The molecule has 3 aromatic carbocycles. The van der Waals surface area contributed by atoms with Gasteiger partial charge in [-0.2, -0.15) is 0 Å². The maximum atomic E-state index is 13.1. The van der Waals surface area contributed by atoms with E-state index in [0.29, 0.717) is 23.5 Å². The molecule has 0 bridgehead atoms. The van der Waals surface area contributed by atoms with Crippen LogP contribution in [0.4, 0.5) is 10.1 Å². The van der Waals surface area contributed by atoms with Gasteiger partial charge in [-0.25, -0.2) is 12.8 Å². The number of carbonyl (C=O) groups excluding carboxylic acids is 1. The van der Waals surface area contributed by atoms with Gasteiger partial charge in [0.05, 0.1) is 18.5 Å². The zero-order valence-electron chi connectivity index (χ0n) is 17.0. The van der Waals surface area contributed by atoms with Gasteiger partial charge in [0, 0.05) is 6.54 Å². The number of rotatable bonds is 9. The zero-order valence-corrected chi connectivity index (χ0v) is 17.8. The number of nitrogens with one attached hydrogen (secondary N) is 1. The molecule has 3 aromatic rings. The van der Waals surface area contributed by atoms with Crippen LogP contribution in [0.15, 0.2) is 78.9 Å². The monoisotopic (exact) mass is 442 g/mol. The molecule has 0 radical (unpaired) electrons. The van der Waals surface area contributed by atoms with Crippen LogP contribution in [0, 0.1) is 5.82 Å². The summed E-state index contributed by atoms with van der Waals surface area (Å²) >= 11 is 0. The number of benzene rings is 3. The number of anilines is 1. The molecule has 0 aliphatic carbocycles. The lowest BCUT2D eigenvalue weighted by Crippen LogP contribution is -2.29. The van der Waals surface area contributed by atoms with E-state index in [1.165, 1.54) is 16.4 Å². The highest BCUT2D eigenvalue weighted by atomic mass is 32.2. The fraction of sp³-hybridized carbons (Fsp3) is 0.174. The Kier molecular flexibility index (Phi) is 7.25. The predicted octanol–water partition coefficient (Wildman–Crippen LogP) is 3.49. The Balaban J connectivity index is 1.59. The van der Waals surface area contributed by atoms with E-state index in [9.17, 15) is 17.6 Å². The van der Waals surface area contributed by atoms with Crippen molar-refractivity contribution in [2.75, 3.05) is 17.2 Å². The summed E-state index contributed by atoms with van der Waals surface area (Å²) in [4.78, 5) is 12.0. The Morgan fingerprint density at radius 1 is 0.935 bits per heavy atom. The SMILES string of the molecule is CS(=O)(=O)N(Cc1ccc(F)cc1)c1ccc(OCC(=O)NCc2ccccc2)cc1. The average molecular weight is 443 g/mol. The molecule has 8 heteroatoms. The van der Waals surface area contributed by atoms with Crippen molar-refractivity contribution in [1.82, 2.24) is 5.32 Å². The Morgan fingerprint density at radius 2 is 1.58 bits per heavy atom. The quantitative estimate of drug-likeness (QED) is 0.551. The second-order valence-corrected chi connectivity index (χ2v) is 8.85. The topological polar surface area (TPSA) is 75.7 Å². The van der Waals surface area contributed by atoms with Gasteiger partial charge in [0.15, 0.2) is 6.61 Å². The van der Waals surface area contributed by atoms with Gasteiger partial charge < -0.3 is 10.1 Å². The highest BCUT2D eigenvalue weighted by Crippen LogP contribution is 2.24. The standard InChI is InChI=1S/C23H23FN2O4S/c1-31(28,29)26(16-19-7-9-20(24)10-8-19)21-11-13-22(14-12-21)30-17-23(27)25-15-18-5-3-2-4-6-18/h2-14H,15-17H2,1H3,(H,25,27). The summed E-state index contributed by atoms with van der Waals surface area (Å²) < 4.78 is 44.3. The molecule has 3 rings (SSSR count). The highest BCUT2D eigenvalue weighted by Gasteiger charge is 2.18. The summed E-state index contributed by atoms with van der Waals surface area (Å²) in [6.07, 6.45) is 1.11. The van der Waals surface area contributed by atoms with Crippen molar-refractivity contribution in [2.45, 2.75) is 13.1 Å². The second kappa shape index (κ2) is 10.1. The molecule has 1 N–H and O–H groups in total. The maximum absolute atomic E-state index is 13.1. The minimum atomic E-state index is -3.56. The van der Waals surface area contributed by atoms with Gasteiger partial charge in [-0.1, -0.05) is 42.5 Å². The van der Waals surface area contributed by atoms with Crippen molar-refractivity contribution < 1.29 is 22.3 Å². The van der Waals surface area contributed by atoms with Crippen molar-refractivity contribution in [3.05, 3.63) is 95.8 Å². The first-order chi connectivity index (χ1) is 14.8. The van der Waals surface area contributed by atoms with Crippen LogP contribution in [0.3, 0.4) is 0 Å². The number of hydrogen-bond acceptors (Lipinski definition) is 4. The van der Waals surface area contributed by atoms with E-state index in [-0.39, 0.29) is 24.9 Å². The van der Waals surface area contributed by atoms with Crippen molar-refractivity contribution >= 4 is 21.6 Å². The third kappa shape index (κ3) is 6.82. The summed E-state index contributed by atoms with van der Waals surface area (Å²) in [5, 5.41) is 2.77. The number of nitrogens with zero attached hydrogens (tertiary/aromatic N) is 1. The Morgan fingerprint density at radius 3 is 2.19 bits per heavy atom. The molecule has 0 saturated carbocycles. The molecule has 0 heterocycles. The van der Waals surface area contributed by atoms with Gasteiger partial charge in [-0.05, 0) is 47.5 Å². The van der Waals surface area contributed by atoms with Crippen LogP contribution < -0.4 is 14.4 Å². The van der Waals surface area contributed by atoms with Gasteiger partial charge in [0.2, 0.25) is 10.0 Å². The first-order valence-electron chi connectivity index (χ1n) is 9.57. The van der Waals surface area contributed by atoms with Crippen LogP contribution in [0.25, 0.3) is 0 Å². The third-order valence-corrected chi connectivity index (χ3v) is 5.61. The molecule has 0 spiro atoms. The summed E-state index contributed by atoms with van der Waals surface area (Å²) in [6.45, 7) is 0.327. The Hall–Kier alpha value is -3.39. The minimum absolute atomic E-state index is 0.0706. The molecule has 1 amide bonds. The number of amides is 1. The fourth-order valence-corrected chi connectivity index (χ4v) is 3.75. The summed E-state index contributed by atoms with van der Waals surface area (Å²) in [6, 6.07) is 21.6. The predicted molar refractivity (Wildman–Crippen MR) is 118 cm³/mol. The van der Waals surface area contributed by atoms with Gasteiger partial charge in [0.1, 0.15) is 11.6 Å². The molecular formula is C23H23FN2O4S. The molecule has 162 valence electrons. The average Bonchev–Trinajstić information content (AvgIpc) is 2.76. The van der Waals surface area contributed by atoms with E-state index >= 15 is 0 Å². The second-order valence-electron chi connectivity index (χ2n) is 6.94. The smallest absolute Gasteiger partial charge is 0.258 e.